The number of fused-ring (bicyclic) bond motifs is 19. The number of hydrogen-bond donors (Lipinski definition) is 0. The predicted molar refractivity (Wildman–Crippen MR) is 335 cm³/mol. The minimum atomic E-state index is -0.700. The first-order chi connectivity index (χ1) is 39.3. The minimum absolute atomic E-state index is 0.0864. The average molecular weight is 1040 g/mol. The highest BCUT2D eigenvalue weighted by atomic mass is 16.5. The van der Waals surface area contributed by atoms with E-state index in [0.717, 1.165) is 105 Å². The lowest BCUT2D eigenvalue weighted by Crippen LogP contribution is -2.35. The molecule has 80 heavy (non-hydrogen) atoms. The van der Waals surface area contributed by atoms with Gasteiger partial charge in [-0.1, -0.05) is 141 Å². The first kappa shape index (κ1) is 48.8. The van der Waals surface area contributed by atoms with Gasteiger partial charge in [0.2, 0.25) is 0 Å². The smallest absolute Gasteiger partial charge is 0.159 e. The first-order valence-electron chi connectivity index (χ1n) is 29.7. The fraction of sp³-hybridized carbons (Fsp3) is 0.253. The standard InChI is InChI=1S/C75H69N3O2/c1-7-9-11-26-48(5)76(66-40-22-34-57-55-32-19-24-46(3)71(55)79-73(57)66)50-42-43-59-62(44-50)75(60-36-16-18-39-65(60)78-64-38-17-15-29-52(64)54-31-21-37-61(75)70(54)78)63-45-68(51-28-13-14-30-53(51)69(59)63)77(49(6)27-12-10-8-2)67-41-23-35-58-56-33-20-25-47(4)72(56)80-74(58)67/h7,9-13,15-17,21-22,24-29,31,34-38,40,42-45,56,72H,5,8,14,18-20,23,30,32-33,39,41H2,1-4,6H3/b9-7-,12-10-,26-11-,49-27+. The number of aromatic nitrogens is 1. The molecule has 7 aromatic rings. The summed E-state index contributed by atoms with van der Waals surface area (Å²) < 4.78 is 17.0. The fourth-order valence-electron chi connectivity index (χ4n) is 15.6. The van der Waals surface area contributed by atoms with Crippen LogP contribution in [0.1, 0.15) is 132 Å². The van der Waals surface area contributed by atoms with E-state index in [9.17, 15) is 0 Å². The molecule has 8 aliphatic rings. The number of benzene rings is 5. The molecule has 2 aromatic heterocycles. The minimum Gasteiger partial charge on any atom is -0.483 e. The van der Waals surface area contributed by atoms with E-state index < -0.39 is 5.41 Å². The van der Waals surface area contributed by atoms with Crippen LogP contribution in [-0.4, -0.2) is 10.7 Å². The van der Waals surface area contributed by atoms with Crippen molar-refractivity contribution in [2.45, 2.75) is 117 Å². The van der Waals surface area contributed by atoms with Crippen molar-refractivity contribution in [3.8, 4) is 11.1 Å². The van der Waals surface area contributed by atoms with Gasteiger partial charge < -0.3 is 23.5 Å². The molecule has 3 unspecified atom stereocenters. The zero-order chi connectivity index (χ0) is 54.0. The summed E-state index contributed by atoms with van der Waals surface area (Å²) >= 11 is 0. The van der Waals surface area contributed by atoms with Gasteiger partial charge in [-0.05, 0) is 196 Å². The van der Waals surface area contributed by atoms with E-state index in [-0.39, 0.29) is 6.10 Å². The van der Waals surface area contributed by atoms with E-state index >= 15 is 0 Å². The molecule has 4 heterocycles. The number of furan rings is 1. The number of allylic oxidation sites excluding steroid dienone is 19. The molecular formula is C75H69N3O2. The number of nitrogens with zero attached hydrogens (tertiary/aromatic N) is 3. The summed E-state index contributed by atoms with van der Waals surface area (Å²) in [6.45, 7) is 16.0. The molecule has 5 aromatic carbocycles. The maximum atomic E-state index is 7.31. The summed E-state index contributed by atoms with van der Waals surface area (Å²) in [5, 5.41) is 3.77. The average Bonchev–Trinajstić information content (AvgIpc) is 2.52. The van der Waals surface area contributed by atoms with Crippen molar-refractivity contribution in [1.29, 1.82) is 0 Å². The lowest BCUT2D eigenvalue weighted by Gasteiger charge is -2.42. The van der Waals surface area contributed by atoms with Gasteiger partial charge in [-0.25, -0.2) is 0 Å². The van der Waals surface area contributed by atoms with Crippen molar-refractivity contribution in [2.75, 3.05) is 9.80 Å². The first-order valence-corrected chi connectivity index (χ1v) is 29.7. The Kier molecular flexibility index (Phi) is 11.6. The molecule has 0 amide bonds. The predicted octanol–water partition coefficient (Wildman–Crippen LogP) is 19.9. The van der Waals surface area contributed by atoms with Gasteiger partial charge in [-0.3, -0.25) is 0 Å². The topological polar surface area (TPSA) is 33.8 Å². The Balaban J connectivity index is 1.05. The molecule has 6 aliphatic carbocycles. The molecule has 0 N–H and O–H groups in total. The Morgan fingerprint density at radius 3 is 2.49 bits per heavy atom. The normalized spacial score (nSPS) is 21.5. The second kappa shape index (κ2) is 18.9. The Labute approximate surface area is 471 Å². The van der Waals surface area contributed by atoms with Crippen LogP contribution < -0.4 is 9.80 Å². The monoisotopic (exact) mass is 1040 g/mol. The van der Waals surface area contributed by atoms with Crippen LogP contribution in [0.3, 0.4) is 0 Å². The Hall–Kier alpha value is -8.28. The molecule has 2 aliphatic heterocycles. The number of aryl methyl sites for hydroxylation is 1. The number of hydrogen-bond acceptors (Lipinski definition) is 4. The number of anilines is 3. The molecule has 3 atom stereocenters. The van der Waals surface area contributed by atoms with Crippen LogP contribution >= 0.6 is 0 Å². The van der Waals surface area contributed by atoms with Crippen molar-refractivity contribution < 1.29 is 9.15 Å². The molecule has 1 saturated heterocycles. The third kappa shape index (κ3) is 6.95. The highest BCUT2D eigenvalue weighted by Crippen LogP contribution is 2.65. The molecule has 1 fully saturated rings. The molecule has 0 saturated carbocycles. The van der Waals surface area contributed by atoms with Crippen LogP contribution in [0.15, 0.2) is 214 Å². The van der Waals surface area contributed by atoms with Crippen LogP contribution in [0.2, 0.25) is 0 Å². The van der Waals surface area contributed by atoms with Gasteiger partial charge in [0.25, 0.3) is 0 Å². The van der Waals surface area contributed by atoms with E-state index in [0.29, 0.717) is 5.92 Å². The molecule has 5 heteroatoms. The van der Waals surface area contributed by atoms with Gasteiger partial charge >= 0.3 is 0 Å². The third-order valence-corrected chi connectivity index (χ3v) is 18.9. The zero-order valence-corrected chi connectivity index (χ0v) is 47.0. The van der Waals surface area contributed by atoms with E-state index in [4.69, 9.17) is 15.7 Å². The van der Waals surface area contributed by atoms with Gasteiger partial charge in [-0.15, -0.1) is 0 Å². The van der Waals surface area contributed by atoms with Gasteiger partial charge in [0.15, 0.2) is 5.58 Å². The van der Waals surface area contributed by atoms with Crippen LogP contribution in [-0.2, 0) is 23.0 Å². The molecular weight excluding hydrogens is 975 g/mol. The summed E-state index contributed by atoms with van der Waals surface area (Å²) in [5.41, 5.74) is 26.8. The van der Waals surface area contributed by atoms with Crippen molar-refractivity contribution >= 4 is 67.2 Å². The van der Waals surface area contributed by atoms with Crippen LogP contribution in [0.25, 0.3) is 61.2 Å². The van der Waals surface area contributed by atoms with Crippen molar-refractivity contribution in [2.24, 2.45) is 5.92 Å². The molecule has 1 spiro atoms. The van der Waals surface area contributed by atoms with Gasteiger partial charge in [0, 0.05) is 56.0 Å². The summed E-state index contributed by atoms with van der Waals surface area (Å²) in [6.07, 6.45) is 43.4. The van der Waals surface area contributed by atoms with Crippen molar-refractivity contribution in [3.63, 3.8) is 0 Å². The number of ether oxygens (including phenoxy) is 1. The van der Waals surface area contributed by atoms with Crippen LogP contribution in [0.4, 0.5) is 17.1 Å². The molecule has 5 nitrogen and oxygen atoms in total. The Morgan fingerprint density at radius 2 is 1.59 bits per heavy atom. The highest BCUT2D eigenvalue weighted by Gasteiger charge is 2.54. The van der Waals surface area contributed by atoms with Crippen LogP contribution in [0, 0.1) is 5.92 Å². The highest BCUT2D eigenvalue weighted by molar-refractivity contribution is 6.14. The summed E-state index contributed by atoms with van der Waals surface area (Å²) in [4.78, 5) is 5.01. The lowest BCUT2D eigenvalue weighted by molar-refractivity contribution is 0.151. The van der Waals surface area contributed by atoms with Crippen molar-refractivity contribution in [3.05, 3.63) is 249 Å². The van der Waals surface area contributed by atoms with Gasteiger partial charge in [0.1, 0.15) is 17.6 Å². The van der Waals surface area contributed by atoms with E-state index in [1.54, 1.807) is 0 Å². The number of para-hydroxylation sites is 3. The lowest BCUT2D eigenvalue weighted by atomic mass is 9.63. The summed E-state index contributed by atoms with van der Waals surface area (Å²) in [6, 6.07) is 33.0. The summed E-state index contributed by atoms with van der Waals surface area (Å²) in [5.74, 6) is 2.48. The van der Waals surface area contributed by atoms with E-state index in [1.807, 2.05) is 0 Å². The SMILES string of the molecule is C=C(/C=C\C=C/C)N(c1ccc2c(c1)C1(C3=C(CCC=C3)n3c4ccccc4c4cccc1c43)c1cc(N(C3=C4OC5C(C)=CCCC5C4=CCC3)/C(C)=C/C=C\CC)c3c(c1-2)CCC=C3)c1cccc2c3c(oc12)C(C)=CCC3. The third-order valence-electron chi connectivity index (χ3n) is 18.9. The molecule has 0 radical (unpaired) electrons. The maximum Gasteiger partial charge on any atom is 0.159 e. The largest absolute Gasteiger partial charge is 0.483 e. The Bertz CT molecular complexity index is 4230. The fourth-order valence-corrected chi connectivity index (χ4v) is 15.6. The second-order valence-corrected chi connectivity index (χ2v) is 23.3. The van der Waals surface area contributed by atoms with Crippen LogP contribution in [0.5, 0.6) is 0 Å². The Morgan fingerprint density at radius 1 is 0.762 bits per heavy atom. The maximum absolute atomic E-state index is 7.31. The van der Waals surface area contributed by atoms with Gasteiger partial charge in [0.05, 0.1) is 33.5 Å². The summed E-state index contributed by atoms with van der Waals surface area (Å²) in [7, 11) is 0. The van der Waals surface area contributed by atoms with E-state index in [1.165, 1.54) is 117 Å². The van der Waals surface area contributed by atoms with Gasteiger partial charge in [-0.2, -0.15) is 0 Å². The molecule has 396 valence electrons. The number of rotatable bonds is 10. The van der Waals surface area contributed by atoms with Crippen molar-refractivity contribution in [1.82, 2.24) is 4.57 Å². The van der Waals surface area contributed by atoms with E-state index in [2.05, 4.69) is 219 Å². The molecule has 0 bridgehead atoms. The quantitative estimate of drug-likeness (QED) is 0.101. The zero-order valence-electron chi connectivity index (χ0n) is 47.0. The second-order valence-electron chi connectivity index (χ2n) is 23.3. The molecule has 15 rings (SSSR count).